The predicted molar refractivity (Wildman–Crippen MR) is 109 cm³/mol. The number of hydrogen-bond acceptors (Lipinski definition) is 4. The van der Waals surface area contributed by atoms with Gasteiger partial charge in [-0.15, -0.1) is 0 Å². The van der Waals surface area contributed by atoms with Gasteiger partial charge in [0.1, 0.15) is 0 Å². The van der Waals surface area contributed by atoms with Crippen molar-refractivity contribution in [3.8, 4) is 5.69 Å². The zero-order valence-corrected chi connectivity index (χ0v) is 16.7. The minimum absolute atomic E-state index is 0.127. The average Bonchev–Trinajstić information content (AvgIpc) is 3.45. The summed E-state index contributed by atoms with van der Waals surface area (Å²) in [5.41, 5.74) is 5.39. The summed E-state index contributed by atoms with van der Waals surface area (Å²) in [4.78, 5) is 17.9. The quantitative estimate of drug-likeness (QED) is 0.884. The van der Waals surface area contributed by atoms with E-state index in [0.717, 1.165) is 70.6 Å². The molecule has 2 aromatic rings. The molecular formula is C22H29N5O. The first-order chi connectivity index (χ1) is 13.7. The molecule has 0 radical (unpaired) electrons. The van der Waals surface area contributed by atoms with Gasteiger partial charge in [-0.2, -0.15) is 5.10 Å². The van der Waals surface area contributed by atoms with Gasteiger partial charge in [-0.25, -0.2) is 4.68 Å². The first-order valence-electron chi connectivity index (χ1n) is 10.6. The van der Waals surface area contributed by atoms with Crippen molar-refractivity contribution in [3.05, 3.63) is 46.8 Å². The van der Waals surface area contributed by atoms with E-state index in [1.807, 2.05) is 9.58 Å². The number of aromatic nitrogens is 2. The van der Waals surface area contributed by atoms with Crippen LogP contribution in [0.15, 0.2) is 24.3 Å². The molecule has 1 aromatic heterocycles. The molecule has 0 bridgehead atoms. The molecular weight excluding hydrogens is 350 g/mol. The largest absolute Gasteiger partial charge is 0.336 e. The fourth-order valence-corrected chi connectivity index (χ4v) is 4.93. The highest BCUT2D eigenvalue weighted by Crippen LogP contribution is 2.29. The van der Waals surface area contributed by atoms with Crippen molar-refractivity contribution in [3.63, 3.8) is 0 Å². The van der Waals surface area contributed by atoms with E-state index in [2.05, 4.69) is 41.4 Å². The van der Waals surface area contributed by atoms with Gasteiger partial charge in [0.25, 0.3) is 5.91 Å². The van der Waals surface area contributed by atoms with E-state index in [9.17, 15) is 4.79 Å². The maximum absolute atomic E-state index is 13.4. The molecule has 6 heteroatoms. The summed E-state index contributed by atoms with van der Waals surface area (Å²) in [6.45, 7) is 8.06. The number of hydrogen-bond donors (Lipinski definition) is 1. The lowest BCUT2D eigenvalue weighted by Gasteiger charge is -2.32. The van der Waals surface area contributed by atoms with Crippen LogP contribution in [0.4, 0.5) is 0 Å². The summed E-state index contributed by atoms with van der Waals surface area (Å²) in [7, 11) is 0. The Morgan fingerprint density at radius 3 is 2.68 bits per heavy atom. The first-order valence-corrected chi connectivity index (χ1v) is 10.6. The number of carbonyl (C=O) groups is 1. The third-order valence-corrected chi connectivity index (χ3v) is 6.53. The van der Waals surface area contributed by atoms with Crippen molar-refractivity contribution in [2.24, 2.45) is 0 Å². The number of piperazine rings is 1. The van der Waals surface area contributed by atoms with Crippen molar-refractivity contribution < 1.29 is 4.79 Å². The number of carbonyl (C=O) groups excluding carboxylic acids is 1. The number of amides is 1. The summed E-state index contributed by atoms with van der Waals surface area (Å²) in [6, 6.07) is 8.92. The van der Waals surface area contributed by atoms with Crippen LogP contribution in [0, 0.1) is 6.92 Å². The van der Waals surface area contributed by atoms with Gasteiger partial charge in [-0.3, -0.25) is 9.69 Å². The molecule has 2 aliphatic heterocycles. The Morgan fingerprint density at radius 2 is 1.89 bits per heavy atom. The summed E-state index contributed by atoms with van der Waals surface area (Å²) >= 11 is 0. The van der Waals surface area contributed by atoms with E-state index in [4.69, 9.17) is 5.10 Å². The minimum Gasteiger partial charge on any atom is -0.336 e. The van der Waals surface area contributed by atoms with Crippen LogP contribution >= 0.6 is 0 Å². The van der Waals surface area contributed by atoms with Crippen molar-refractivity contribution in [2.75, 3.05) is 39.3 Å². The van der Waals surface area contributed by atoms with E-state index in [1.165, 1.54) is 16.8 Å². The summed E-state index contributed by atoms with van der Waals surface area (Å²) in [6.07, 6.45) is 4.17. The van der Waals surface area contributed by atoms with Gasteiger partial charge in [-0.05, 0) is 44.7 Å². The maximum atomic E-state index is 13.4. The molecule has 1 unspecified atom stereocenters. The number of nitrogens with one attached hydrogen (secondary N) is 1. The van der Waals surface area contributed by atoms with Crippen LogP contribution in [0.5, 0.6) is 0 Å². The van der Waals surface area contributed by atoms with E-state index in [0.29, 0.717) is 11.7 Å². The van der Waals surface area contributed by atoms with Crippen LogP contribution in [0.3, 0.4) is 0 Å². The third-order valence-electron chi connectivity index (χ3n) is 6.53. The molecule has 28 heavy (non-hydrogen) atoms. The van der Waals surface area contributed by atoms with Gasteiger partial charge in [-0.1, -0.05) is 17.7 Å². The fourth-order valence-electron chi connectivity index (χ4n) is 4.93. The smallest absolute Gasteiger partial charge is 0.274 e. The van der Waals surface area contributed by atoms with E-state index >= 15 is 0 Å². The average molecular weight is 380 g/mol. The van der Waals surface area contributed by atoms with Gasteiger partial charge < -0.3 is 10.2 Å². The Balaban J connectivity index is 1.38. The molecule has 1 aromatic carbocycles. The Morgan fingerprint density at radius 1 is 1.11 bits per heavy atom. The SMILES string of the molecule is Cc1ccc(-n2nc(C(=O)N3CCC(N4CCNCC4)C3)c3c2CCC3)cc1. The zero-order chi connectivity index (χ0) is 19.1. The van der Waals surface area contributed by atoms with Crippen LogP contribution in [0.1, 0.15) is 40.2 Å². The summed E-state index contributed by atoms with van der Waals surface area (Å²) < 4.78 is 2.01. The maximum Gasteiger partial charge on any atom is 0.274 e. The number of rotatable bonds is 3. The Kier molecular flexibility index (Phi) is 4.69. The molecule has 0 saturated carbocycles. The van der Waals surface area contributed by atoms with E-state index in [-0.39, 0.29) is 5.91 Å². The van der Waals surface area contributed by atoms with Crippen LogP contribution < -0.4 is 5.32 Å². The Hall–Kier alpha value is -2.18. The van der Waals surface area contributed by atoms with E-state index < -0.39 is 0 Å². The van der Waals surface area contributed by atoms with Crippen LogP contribution in [0.2, 0.25) is 0 Å². The number of aryl methyl sites for hydroxylation is 1. The second-order valence-corrected chi connectivity index (χ2v) is 8.35. The van der Waals surface area contributed by atoms with Crippen molar-refractivity contribution in [1.29, 1.82) is 0 Å². The molecule has 5 rings (SSSR count). The molecule has 6 nitrogen and oxygen atoms in total. The number of likely N-dealkylation sites (tertiary alicyclic amines) is 1. The predicted octanol–water partition coefficient (Wildman–Crippen LogP) is 1.79. The van der Waals surface area contributed by atoms with Gasteiger partial charge >= 0.3 is 0 Å². The van der Waals surface area contributed by atoms with Gasteiger partial charge in [0.05, 0.1) is 5.69 Å². The molecule has 1 amide bonds. The standard InChI is InChI=1S/C22H29N5O/c1-16-5-7-17(8-6-16)27-20-4-2-3-19(20)21(24-27)22(28)26-12-9-18(15-26)25-13-10-23-11-14-25/h5-8,18,23H,2-4,9-15H2,1H3. The highest BCUT2D eigenvalue weighted by atomic mass is 16.2. The van der Waals surface area contributed by atoms with Gasteiger partial charge in [0.2, 0.25) is 0 Å². The lowest BCUT2D eigenvalue weighted by atomic mass is 10.2. The number of benzene rings is 1. The van der Waals surface area contributed by atoms with Crippen LogP contribution in [-0.2, 0) is 12.8 Å². The van der Waals surface area contributed by atoms with Crippen molar-refractivity contribution >= 4 is 5.91 Å². The highest BCUT2D eigenvalue weighted by Gasteiger charge is 2.35. The molecule has 1 atom stereocenters. The zero-order valence-electron chi connectivity index (χ0n) is 16.7. The molecule has 2 fully saturated rings. The molecule has 148 valence electrons. The monoisotopic (exact) mass is 379 g/mol. The minimum atomic E-state index is 0.127. The van der Waals surface area contributed by atoms with Crippen molar-refractivity contribution in [2.45, 2.75) is 38.6 Å². The molecule has 1 aliphatic carbocycles. The summed E-state index contributed by atoms with van der Waals surface area (Å²) in [5, 5.41) is 8.23. The Labute approximate surface area is 166 Å². The van der Waals surface area contributed by atoms with Gasteiger partial charge in [0, 0.05) is 56.6 Å². The number of fused-ring (bicyclic) bond motifs is 1. The topological polar surface area (TPSA) is 53.4 Å². The lowest BCUT2D eigenvalue weighted by Crippen LogP contribution is -2.49. The second-order valence-electron chi connectivity index (χ2n) is 8.35. The van der Waals surface area contributed by atoms with Crippen molar-refractivity contribution in [1.82, 2.24) is 24.9 Å². The third kappa shape index (κ3) is 3.14. The molecule has 3 heterocycles. The first kappa shape index (κ1) is 17.9. The van der Waals surface area contributed by atoms with Crippen LogP contribution in [0.25, 0.3) is 5.69 Å². The van der Waals surface area contributed by atoms with E-state index in [1.54, 1.807) is 0 Å². The Bertz CT molecular complexity index is 866. The second kappa shape index (κ2) is 7.33. The summed E-state index contributed by atoms with van der Waals surface area (Å²) in [5.74, 6) is 0.127. The molecule has 2 saturated heterocycles. The normalized spacial score (nSPS) is 22.6. The molecule has 3 aliphatic rings. The number of nitrogens with zero attached hydrogens (tertiary/aromatic N) is 4. The highest BCUT2D eigenvalue weighted by molar-refractivity contribution is 5.94. The molecule has 1 N–H and O–H groups in total. The van der Waals surface area contributed by atoms with Gasteiger partial charge in [0.15, 0.2) is 5.69 Å². The van der Waals surface area contributed by atoms with Crippen LogP contribution in [-0.4, -0.2) is 70.8 Å². The fraction of sp³-hybridized carbons (Fsp3) is 0.545. The molecule has 0 spiro atoms. The lowest BCUT2D eigenvalue weighted by molar-refractivity contribution is 0.0766.